The van der Waals surface area contributed by atoms with Gasteiger partial charge in [-0.25, -0.2) is 4.79 Å². The first kappa shape index (κ1) is 37.8. The van der Waals surface area contributed by atoms with Gasteiger partial charge in [0.05, 0.1) is 32.5 Å². The van der Waals surface area contributed by atoms with Crippen molar-refractivity contribution in [1.29, 1.82) is 0 Å². The Hall–Kier alpha value is -1.70. The predicted octanol–water partition coefficient (Wildman–Crippen LogP) is 8.37. The van der Waals surface area contributed by atoms with Gasteiger partial charge in [0.1, 0.15) is 24.1 Å². The van der Waals surface area contributed by atoms with E-state index in [2.05, 4.69) is 88.2 Å². The molecule has 2 heterocycles. The number of rotatable bonds is 15. The van der Waals surface area contributed by atoms with Crippen LogP contribution in [0.15, 0.2) is 36.9 Å². The van der Waals surface area contributed by atoms with Crippen molar-refractivity contribution >= 4 is 22.8 Å². The van der Waals surface area contributed by atoms with Crippen molar-refractivity contribution in [3.63, 3.8) is 0 Å². The summed E-state index contributed by atoms with van der Waals surface area (Å²) in [4.78, 5) is 12.6. The van der Waals surface area contributed by atoms with Crippen LogP contribution in [0, 0.1) is 17.8 Å². The number of methoxy groups -OCH3 is 1. The van der Waals surface area contributed by atoms with Crippen molar-refractivity contribution in [2.75, 3.05) is 26.9 Å². The molecule has 0 spiro atoms. The van der Waals surface area contributed by atoms with Gasteiger partial charge in [-0.3, -0.25) is 0 Å². The first-order valence-electron chi connectivity index (χ1n) is 16.3. The summed E-state index contributed by atoms with van der Waals surface area (Å²) in [6.45, 7) is 32.4. The molecule has 256 valence electrons. The summed E-state index contributed by atoms with van der Waals surface area (Å²) in [5, 5.41) is -0.0378. The predicted molar refractivity (Wildman–Crippen MR) is 184 cm³/mol. The molecule has 1 aromatic rings. The van der Waals surface area contributed by atoms with Crippen LogP contribution in [-0.2, 0) is 34.4 Å². The molecule has 45 heavy (non-hydrogen) atoms. The first-order chi connectivity index (χ1) is 20.7. The van der Waals surface area contributed by atoms with Crippen LogP contribution in [0.25, 0.3) is 0 Å². The lowest BCUT2D eigenvalue weighted by molar-refractivity contribution is -0.108. The van der Waals surface area contributed by atoms with Gasteiger partial charge in [0.15, 0.2) is 16.6 Å². The van der Waals surface area contributed by atoms with Gasteiger partial charge in [0.2, 0.25) is 0 Å². The van der Waals surface area contributed by atoms with Gasteiger partial charge in [-0.05, 0) is 60.9 Å². The van der Waals surface area contributed by atoms with Crippen molar-refractivity contribution in [2.45, 2.75) is 122 Å². The number of ether oxygens (including phenoxy) is 5. The second-order valence-electron chi connectivity index (χ2n) is 16.1. The zero-order valence-electron chi connectivity index (χ0n) is 30.2. The smallest absolute Gasteiger partial charge is 0.497 e. The molecule has 1 aromatic carbocycles. The molecule has 2 saturated heterocycles. The quantitative estimate of drug-likeness (QED) is 0.0800. The van der Waals surface area contributed by atoms with Crippen LogP contribution in [0.5, 0.6) is 5.75 Å². The van der Waals surface area contributed by atoms with E-state index in [0.29, 0.717) is 19.8 Å². The third-order valence-electron chi connectivity index (χ3n) is 10.6. The molecule has 7 atom stereocenters. The van der Waals surface area contributed by atoms with Gasteiger partial charge in [0.25, 0.3) is 0 Å². The molecular weight excluding hydrogens is 605 g/mol. The van der Waals surface area contributed by atoms with Crippen LogP contribution >= 0.6 is 0 Å². The Kier molecular flexibility index (Phi) is 11.9. The highest BCUT2D eigenvalue weighted by Gasteiger charge is 2.65. The Morgan fingerprint density at radius 1 is 1.02 bits per heavy atom. The maximum absolute atomic E-state index is 12.6. The largest absolute Gasteiger partial charge is 0.508 e. The zero-order chi connectivity index (χ0) is 34.0. The van der Waals surface area contributed by atoms with E-state index in [9.17, 15) is 4.79 Å². The van der Waals surface area contributed by atoms with E-state index in [4.69, 9.17) is 32.5 Å². The average molecular weight is 665 g/mol. The van der Waals surface area contributed by atoms with Crippen molar-refractivity contribution in [3.8, 4) is 5.75 Å². The van der Waals surface area contributed by atoms with Crippen LogP contribution in [0.3, 0.4) is 0 Å². The summed E-state index contributed by atoms with van der Waals surface area (Å²) in [7, 11) is -2.83. The van der Waals surface area contributed by atoms with Crippen LogP contribution in [0.4, 0.5) is 4.79 Å². The van der Waals surface area contributed by atoms with E-state index < -0.39 is 40.6 Å². The highest BCUT2D eigenvalue weighted by molar-refractivity contribution is 6.74. The molecule has 0 aliphatic carbocycles. The number of epoxide rings is 1. The first-order valence-corrected chi connectivity index (χ1v) is 22.1. The van der Waals surface area contributed by atoms with Gasteiger partial charge >= 0.3 is 6.16 Å². The molecule has 0 unspecified atom stereocenters. The Morgan fingerprint density at radius 2 is 1.62 bits per heavy atom. The lowest BCUT2D eigenvalue weighted by atomic mass is 9.80. The molecule has 8 nitrogen and oxygen atoms in total. The van der Waals surface area contributed by atoms with Gasteiger partial charge in [-0.2, -0.15) is 0 Å². The molecule has 0 N–H and O–H groups in total. The number of hydrogen-bond acceptors (Lipinski definition) is 8. The highest BCUT2D eigenvalue weighted by Crippen LogP contribution is 2.52. The zero-order valence-corrected chi connectivity index (χ0v) is 32.2. The van der Waals surface area contributed by atoms with Crippen LogP contribution in [0.1, 0.15) is 61.0 Å². The molecule has 0 bridgehead atoms. The molecule has 2 fully saturated rings. The van der Waals surface area contributed by atoms with Gasteiger partial charge in [-0.1, -0.05) is 66.7 Å². The fourth-order valence-corrected chi connectivity index (χ4v) is 7.86. The molecule has 0 radical (unpaired) electrons. The normalized spacial score (nSPS) is 26.3. The molecule has 0 aromatic heterocycles. The molecule has 3 rings (SSSR count). The van der Waals surface area contributed by atoms with Gasteiger partial charge < -0.3 is 32.5 Å². The molecule has 2 aliphatic rings. The van der Waals surface area contributed by atoms with Crippen molar-refractivity contribution in [3.05, 3.63) is 42.5 Å². The van der Waals surface area contributed by atoms with Crippen LogP contribution in [0.2, 0.25) is 36.3 Å². The molecular formula is C35H60O8Si2. The maximum atomic E-state index is 12.6. The fraction of sp³-hybridized carbons (Fsp3) is 0.743. The highest BCUT2D eigenvalue weighted by atomic mass is 28.4. The Labute approximate surface area is 274 Å². The number of carbonyl (C=O) groups is 1. The summed E-state index contributed by atoms with van der Waals surface area (Å²) in [6, 6.07) is 7.92. The minimum absolute atomic E-state index is 0.00970. The van der Waals surface area contributed by atoms with E-state index in [1.54, 1.807) is 7.11 Å². The maximum Gasteiger partial charge on any atom is 0.508 e. The molecule has 10 heteroatoms. The lowest BCUT2D eigenvalue weighted by Gasteiger charge is -2.47. The minimum atomic E-state index is -2.33. The van der Waals surface area contributed by atoms with E-state index >= 15 is 0 Å². The standard InChI is InChI=1S/C35H60O8Si2/c1-15-26-22-39-32(36)41-29(26)28(23-40-44(11,12)33(3,4)5)31(43-45(13,14)34(6,7)8)35(9)30(42-35)24(2)20-38-21-25-16-18-27(37-10)19-17-25/h15-19,24,26,28-31H,1,20-23H2,2-14H3/t24-,26-,28-,29+,30+,31-,35+/m0/s1. The van der Waals surface area contributed by atoms with Crippen molar-refractivity contribution in [1.82, 2.24) is 0 Å². The third kappa shape index (κ3) is 9.02. The van der Waals surface area contributed by atoms with Crippen molar-refractivity contribution < 1.29 is 37.3 Å². The SMILES string of the molecule is C=C[C@H]1COC(=O)O[C@H]1[C@H](CO[Si](C)(C)C(C)(C)C)[C@H](O[Si](C)(C)C(C)(C)C)[C@]1(C)O[C@@H]1[C@@H](C)COCc1ccc(OC)cc1. The number of cyclic esters (lactones) is 2. The van der Waals surface area contributed by atoms with Gasteiger partial charge in [-0.15, -0.1) is 6.58 Å². The average Bonchev–Trinajstić information content (AvgIpc) is 3.64. The summed E-state index contributed by atoms with van der Waals surface area (Å²) in [6.07, 6.45) is 0.141. The Bertz CT molecular complexity index is 1140. The molecule has 0 amide bonds. The second-order valence-corrected chi connectivity index (χ2v) is 25.7. The summed E-state index contributed by atoms with van der Waals surface area (Å²) >= 11 is 0. The van der Waals surface area contributed by atoms with E-state index in [-0.39, 0.29) is 40.5 Å². The lowest BCUT2D eigenvalue weighted by Crippen LogP contribution is -2.58. The monoisotopic (exact) mass is 664 g/mol. The summed E-state index contributed by atoms with van der Waals surface area (Å²) in [5.41, 5.74) is 0.456. The third-order valence-corrected chi connectivity index (χ3v) is 19.6. The fourth-order valence-electron chi connectivity index (χ4n) is 5.42. The number of carbonyl (C=O) groups excluding carboxylic acids is 1. The van der Waals surface area contributed by atoms with E-state index in [0.717, 1.165) is 11.3 Å². The minimum Gasteiger partial charge on any atom is -0.497 e. The van der Waals surface area contributed by atoms with Crippen LogP contribution in [-0.4, -0.2) is 73.6 Å². The summed E-state index contributed by atoms with van der Waals surface area (Å²) in [5.74, 6) is 0.426. The molecule has 0 saturated carbocycles. The molecule has 2 aliphatic heterocycles. The Balaban J connectivity index is 1.93. The number of benzene rings is 1. The van der Waals surface area contributed by atoms with Crippen molar-refractivity contribution in [2.24, 2.45) is 17.8 Å². The summed E-state index contributed by atoms with van der Waals surface area (Å²) < 4.78 is 43.6. The van der Waals surface area contributed by atoms with Crippen LogP contribution < -0.4 is 4.74 Å². The topological polar surface area (TPSA) is 85.0 Å². The van der Waals surface area contributed by atoms with E-state index in [1.807, 2.05) is 30.3 Å². The van der Waals surface area contributed by atoms with Gasteiger partial charge in [0, 0.05) is 24.4 Å². The number of hydrogen-bond donors (Lipinski definition) is 0. The Morgan fingerprint density at radius 3 is 2.16 bits per heavy atom. The second kappa shape index (κ2) is 14.2. The van der Waals surface area contributed by atoms with E-state index in [1.165, 1.54) is 0 Å².